The Kier molecular flexibility index (Phi) is 4.15. The number of rotatable bonds is 3. The van der Waals surface area contributed by atoms with Gasteiger partial charge in [0.1, 0.15) is 11.8 Å². The van der Waals surface area contributed by atoms with E-state index in [-0.39, 0.29) is 0 Å². The molecule has 1 heterocycles. The van der Waals surface area contributed by atoms with Crippen LogP contribution in [0.5, 0.6) is 5.75 Å². The van der Waals surface area contributed by atoms with Crippen LogP contribution in [0.15, 0.2) is 22.7 Å². The Labute approximate surface area is 127 Å². The van der Waals surface area contributed by atoms with Crippen molar-refractivity contribution in [3.63, 3.8) is 0 Å². The van der Waals surface area contributed by atoms with Crippen molar-refractivity contribution in [3.8, 4) is 23.1 Å². The number of halogens is 1. The second kappa shape index (κ2) is 5.68. The summed E-state index contributed by atoms with van der Waals surface area (Å²) in [5.74, 6) is 1.21. The summed E-state index contributed by atoms with van der Waals surface area (Å²) >= 11 is 3.45. The van der Waals surface area contributed by atoms with Crippen LogP contribution in [0.4, 0.5) is 0 Å². The van der Waals surface area contributed by atoms with Crippen molar-refractivity contribution in [2.24, 2.45) is 7.05 Å². The van der Waals surface area contributed by atoms with Gasteiger partial charge in [-0.2, -0.15) is 10.4 Å². The van der Waals surface area contributed by atoms with Crippen LogP contribution in [0.1, 0.15) is 31.0 Å². The zero-order valence-corrected chi connectivity index (χ0v) is 13.5. The molecule has 0 saturated heterocycles. The number of hydrogen-bond donors (Lipinski definition) is 0. The molecule has 0 aliphatic carbocycles. The summed E-state index contributed by atoms with van der Waals surface area (Å²) in [5.41, 5.74) is 3.34. The zero-order chi connectivity index (χ0) is 14.9. The van der Waals surface area contributed by atoms with Crippen LogP contribution < -0.4 is 4.74 Å². The van der Waals surface area contributed by atoms with Gasteiger partial charge in [0.05, 0.1) is 17.3 Å². The largest absolute Gasteiger partial charge is 0.496 e. The minimum atomic E-state index is 0.373. The number of nitrogens with zero attached hydrogens (tertiary/aromatic N) is 3. The minimum absolute atomic E-state index is 0.373. The van der Waals surface area contributed by atoms with E-state index in [1.165, 1.54) is 5.56 Å². The summed E-state index contributed by atoms with van der Waals surface area (Å²) in [6, 6.07) is 8.20. The fraction of sp³-hybridized carbons (Fsp3) is 0.333. The minimum Gasteiger partial charge on any atom is -0.496 e. The molecule has 104 valence electrons. The molecule has 1 aromatic carbocycles. The van der Waals surface area contributed by atoms with Gasteiger partial charge in [-0.3, -0.25) is 4.68 Å². The van der Waals surface area contributed by atoms with Crippen molar-refractivity contribution in [1.82, 2.24) is 9.78 Å². The Balaban J connectivity index is 2.65. The number of methoxy groups -OCH3 is 1. The smallest absolute Gasteiger partial charge is 0.177 e. The monoisotopic (exact) mass is 333 g/mol. The highest BCUT2D eigenvalue weighted by Crippen LogP contribution is 2.37. The maximum absolute atomic E-state index is 9.06. The molecule has 0 aliphatic heterocycles. The Morgan fingerprint density at radius 3 is 2.60 bits per heavy atom. The van der Waals surface area contributed by atoms with Crippen molar-refractivity contribution in [2.45, 2.75) is 19.8 Å². The van der Waals surface area contributed by atoms with Crippen molar-refractivity contribution < 1.29 is 4.74 Å². The van der Waals surface area contributed by atoms with Crippen LogP contribution in [0.25, 0.3) is 11.3 Å². The molecule has 0 spiro atoms. The molecule has 2 rings (SSSR count). The first-order valence-corrected chi connectivity index (χ1v) is 7.09. The molecule has 0 amide bonds. The molecule has 0 bridgehead atoms. The van der Waals surface area contributed by atoms with E-state index in [0.717, 1.165) is 17.0 Å². The van der Waals surface area contributed by atoms with Crippen LogP contribution in [-0.4, -0.2) is 16.9 Å². The summed E-state index contributed by atoms with van der Waals surface area (Å²) in [4.78, 5) is 0. The SMILES string of the molecule is COc1cc(C(C)C)ccc1-c1c(Br)c(C#N)nn1C. The van der Waals surface area contributed by atoms with Gasteiger partial charge in [0, 0.05) is 12.6 Å². The van der Waals surface area contributed by atoms with Crippen LogP contribution in [0, 0.1) is 11.3 Å². The lowest BCUT2D eigenvalue weighted by atomic mass is 9.99. The van der Waals surface area contributed by atoms with Gasteiger partial charge in [-0.15, -0.1) is 0 Å². The van der Waals surface area contributed by atoms with Crippen LogP contribution in [-0.2, 0) is 7.05 Å². The van der Waals surface area contributed by atoms with Gasteiger partial charge in [0.15, 0.2) is 5.69 Å². The lowest BCUT2D eigenvalue weighted by Gasteiger charge is -2.13. The highest BCUT2D eigenvalue weighted by molar-refractivity contribution is 9.10. The molecule has 0 unspecified atom stereocenters. The maximum atomic E-state index is 9.06. The third-order valence-corrected chi connectivity index (χ3v) is 3.99. The van der Waals surface area contributed by atoms with Gasteiger partial charge in [-0.05, 0) is 39.5 Å². The number of aryl methyl sites for hydroxylation is 1. The van der Waals surface area contributed by atoms with Gasteiger partial charge < -0.3 is 4.74 Å². The topological polar surface area (TPSA) is 50.8 Å². The molecule has 0 atom stereocenters. The number of ether oxygens (including phenoxy) is 1. The Bertz CT molecular complexity index is 683. The van der Waals surface area contributed by atoms with Gasteiger partial charge in [0.25, 0.3) is 0 Å². The van der Waals surface area contributed by atoms with Gasteiger partial charge in [-0.25, -0.2) is 0 Å². The van der Waals surface area contributed by atoms with Gasteiger partial charge in [0.2, 0.25) is 0 Å². The second-order valence-corrected chi connectivity index (χ2v) is 5.65. The predicted molar refractivity (Wildman–Crippen MR) is 81.7 cm³/mol. The average molecular weight is 334 g/mol. The van der Waals surface area contributed by atoms with Gasteiger partial charge >= 0.3 is 0 Å². The average Bonchev–Trinajstić information content (AvgIpc) is 2.72. The number of aromatic nitrogens is 2. The van der Waals surface area contributed by atoms with Crippen molar-refractivity contribution in [3.05, 3.63) is 33.9 Å². The molecule has 0 N–H and O–H groups in total. The third-order valence-electron chi connectivity index (χ3n) is 3.24. The lowest BCUT2D eigenvalue weighted by molar-refractivity contribution is 0.415. The third kappa shape index (κ3) is 2.44. The molecule has 0 saturated carbocycles. The van der Waals surface area contributed by atoms with Crippen molar-refractivity contribution in [2.75, 3.05) is 7.11 Å². The molecular formula is C15H16BrN3O. The first-order valence-electron chi connectivity index (χ1n) is 6.30. The molecule has 0 fully saturated rings. The Morgan fingerprint density at radius 1 is 1.40 bits per heavy atom. The van der Waals surface area contributed by atoms with E-state index in [1.54, 1.807) is 11.8 Å². The molecule has 5 heteroatoms. The second-order valence-electron chi connectivity index (χ2n) is 4.86. The highest BCUT2D eigenvalue weighted by atomic mass is 79.9. The van der Waals surface area contributed by atoms with E-state index in [0.29, 0.717) is 16.1 Å². The van der Waals surface area contributed by atoms with Crippen LogP contribution in [0.2, 0.25) is 0 Å². The van der Waals surface area contributed by atoms with E-state index >= 15 is 0 Å². The first kappa shape index (κ1) is 14.6. The molecule has 2 aromatic rings. The number of benzene rings is 1. The fourth-order valence-electron chi connectivity index (χ4n) is 2.12. The first-order chi connectivity index (χ1) is 9.49. The van der Waals surface area contributed by atoms with Crippen molar-refractivity contribution >= 4 is 15.9 Å². The normalized spacial score (nSPS) is 10.7. The predicted octanol–water partition coefficient (Wildman–Crippen LogP) is 3.85. The zero-order valence-electron chi connectivity index (χ0n) is 11.9. The molecular weight excluding hydrogens is 318 g/mol. The summed E-state index contributed by atoms with van der Waals surface area (Å²) in [7, 11) is 3.47. The van der Waals surface area contributed by atoms with E-state index in [4.69, 9.17) is 10.00 Å². The highest BCUT2D eigenvalue weighted by Gasteiger charge is 2.19. The Hall–Kier alpha value is -1.80. The van der Waals surface area contributed by atoms with Gasteiger partial charge in [-0.1, -0.05) is 19.9 Å². The molecule has 4 nitrogen and oxygen atoms in total. The summed E-state index contributed by atoms with van der Waals surface area (Å²) < 4.78 is 7.88. The lowest BCUT2D eigenvalue weighted by Crippen LogP contribution is -1.98. The fourth-order valence-corrected chi connectivity index (χ4v) is 2.76. The van der Waals surface area contributed by atoms with E-state index in [2.05, 4.69) is 47.0 Å². The van der Waals surface area contributed by atoms with E-state index in [9.17, 15) is 0 Å². The van der Waals surface area contributed by atoms with Crippen LogP contribution in [0.3, 0.4) is 0 Å². The standard InChI is InChI=1S/C15H16BrN3O/c1-9(2)10-5-6-11(13(7-10)20-4)15-14(16)12(8-17)18-19(15)3/h5-7,9H,1-4H3. The molecule has 0 radical (unpaired) electrons. The number of nitriles is 1. The molecule has 0 aliphatic rings. The molecule has 20 heavy (non-hydrogen) atoms. The van der Waals surface area contributed by atoms with E-state index in [1.807, 2.05) is 19.2 Å². The van der Waals surface area contributed by atoms with Crippen LogP contribution >= 0.6 is 15.9 Å². The quantitative estimate of drug-likeness (QED) is 0.857. The van der Waals surface area contributed by atoms with E-state index < -0.39 is 0 Å². The summed E-state index contributed by atoms with van der Waals surface area (Å²) in [6.45, 7) is 4.28. The summed E-state index contributed by atoms with van der Waals surface area (Å²) in [6.07, 6.45) is 0. The number of hydrogen-bond acceptors (Lipinski definition) is 3. The maximum Gasteiger partial charge on any atom is 0.177 e. The summed E-state index contributed by atoms with van der Waals surface area (Å²) in [5, 5.41) is 13.3. The Morgan fingerprint density at radius 2 is 2.10 bits per heavy atom. The van der Waals surface area contributed by atoms with Crippen molar-refractivity contribution in [1.29, 1.82) is 5.26 Å². The molecule has 1 aromatic heterocycles.